The molecular formula is C19H17F3N4O2. The first-order valence-electron chi connectivity index (χ1n) is 8.53. The van der Waals surface area contributed by atoms with Crippen molar-refractivity contribution in [3.8, 4) is 0 Å². The Kier molecular flexibility index (Phi) is 5.62. The minimum atomic E-state index is -4.49. The van der Waals surface area contributed by atoms with E-state index in [1.54, 1.807) is 24.3 Å². The number of nitrogens with zero attached hydrogens (tertiary/aromatic N) is 1. The number of hydrogen-bond acceptors (Lipinski definition) is 4. The maximum atomic E-state index is 12.7. The van der Waals surface area contributed by atoms with Gasteiger partial charge in [0, 0.05) is 24.0 Å². The summed E-state index contributed by atoms with van der Waals surface area (Å²) in [7, 11) is 0. The van der Waals surface area contributed by atoms with Gasteiger partial charge in [0.05, 0.1) is 10.9 Å². The first-order valence-corrected chi connectivity index (χ1v) is 8.53. The SMILES string of the molecule is O=C(NCCCNc1n[nH]c(=O)c2ccccc12)c1cccc(C(F)(F)F)c1. The lowest BCUT2D eigenvalue weighted by Crippen LogP contribution is -2.26. The predicted molar refractivity (Wildman–Crippen MR) is 99.2 cm³/mol. The highest BCUT2D eigenvalue weighted by molar-refractivity contribution is 5.94. The lowest BCUT2D eigenvalue weighted by Gasteiger charge is -2.10. The number of carbonyl (C=O) groups excluding carboxylic acids is 1. The molecule has 0 radical (unpaired) electrons. The number of hydrogen-bond donors (Lipinski definition) is 3. The van der Waals surface area contributed by atoms with Crippen LogP contribution in [0.5, 0.6) is 0 Å². The highest BCUT2D eigenvalue weighted by Crippen LogP contribution is 2.29. The Hall–Kier alpha value is -3.36. The minimum absolute atomic E-state index is 0.0453. The van der Waals surface area contributed by atoms with E-state index in [0.29, 0.717) is 29.6 Å². The number of amides is 1. The number of alkyl halides is 3. The summed E-state index contributed by atoms with van der Waals surface area (Å²) in [4.78, 5) is 23.8. The predicted octanol–water partition coefficient (Wildman–Crippen LogP) is 3.17. The lowest BCUT2D eigenvalue weighted by atomic mass is 10.1. The quantitative estimate of drug-likeness (QED) is 0.565. The smallest absolute Gasteiger partial charge is 0.368 e. The van der Waals surface area contributed by atoms with Crippen LogP contribution >= 0.6 is 0 Å². The normalized spacial score (nSPS) is 11.4. The fraction of sp³-hybridized carbons (Fsp3) is 0.211. The van der Waals surface area contributed by atoms with E-state index in [2.05, 4.69) is 20.8 Å². The highest BCUT2D eigenvalue weighted by atomic mass is 19.4. The summed E-state index contributed by atoms with van der Waals surface area (Å²) in [6.45, 7) is 0.718. The molecule has 1 amide bonds. The second-order valence-corrected chi connectivity index (χ2v) is 6.06. The summed E-state index contributed by atoms with van der Waals surface area (Å²) >= 11 is 0. The fourth-order valence-corrected chi connectivity index (χ4v) is 2.69. The van der Waals surface area contributed by atoms with Crippen molar-refractivity contribution in [2.24, 2.45) is 0 Å². The maximum absolute atomic E-state index is 12.7. The van der Waals surface area contributed by atoms with E-state index >= 15 is 0 Å². The molecule has 2 aromatic carbocycles. The Balaban J connectivity index is 1.52. The minimum Gasteiger partial charge on any atom is -0.368 e. The van der Waals surface area contributed by atoms with Crippen molar-refractivity contribution in [1.82, 2.24) is 15.5 Å². The molecule has 0 aliphatic carbocycles. The van der Waals surface area contributed by atoms with E-state index in [1.807, 2.05) is 0 Å². The van der Waals surface area contributed by atoms with E-state index in [9.17, 15) is 22.8 Å². The molecule has 28 heavy (non-hydrogen) atoms. The van der Waals surface area contributed by atoms with E-state index in [0.717, 1.165) is 12.1 Å². The number of aromatic amines is 1. The van der Waals surface area contributed by atoms with Crippen molar-refractivity contribution in [1.29, 1.82) is 0 Å². The first-order chi connectivity index (χ1) is 13.4. The lowest BCUT2D eigenvalue weighted by molar-refractivity contribution is -0.137. The van der Waals surface area contributed by atoms with Gasteiger partial charge >= 0.3 is 6.18 Å². The van der Waals surface area contributed by atoms with Crippen LogP contribution in [0.4, 0.5) is 19.0 Å². The van der Waals surface area contributed by atoms with Crippen molar-refractivity contribution >= 4 is 22.5 Å². The van der Waals surface area contributed by atoms with Gasteiger partial charge < -0.3 is 10.6 Å². The van der Waals surface area contributed by atoms with E-state index < -0.39 is 17.6 Å². The molecule has 9 heteroatoms. The summed E-state index contributed by atoms with van der Waals surface area (Å²) < 4.78 is 38.1. The van der Waals surface area contributed by atoms with Crippen LogP contribution in [0.25, 0.3) is 10.8 Å². The Morgan fingerprint density at radius 3 is 2.54 bits per heavy atom. The molecule has 0 saturated heterocycles. The van der Waals surface area contributed by atoms with Crippen molar-refractivity contribution in [2.75, 3.05) is 18.4 Å². The molecule has 0 aliphatic rings. The molecule has 0 unspecified atom stereocenters. The summed E-state index contributed by atoms with van der Waals surface area (Å²) in [5.74, 6) is -0.0573. The summed E-state index contributed by atoms with van der Waals surface area (Å²) in [5.41, 5.74) is -1.19. The molecule has 0 bridgehead atoms. The summed E-state index contributed by atoms with van der Waals surface area (Å²) in [6, 6.07) is 11.3. The zero-order valence-electron chi connectivity index (χ0n) is 14.6. The Labute approximate surface area is 157 Å². The van der Waals surface area contributed by atoms with Gasteiger partial charge in [-0.05, 0) is 30.7 Å². The number of nitrogens with one attached hydrogen (secondary N) is 3. The molecular weight excluding hydrogens is 373 g/mol. The van der Waals surface area contributed by atoms with Crippen LogP contribution in [0.2, 0.25) is 0 Å². The second-order valence-electron chi connectivity index (χ2n) is 6.06. The third-order valence-corrected chi connectivity index (χ3v) is 4.08. The monoisotopic (exact) mass is 390 g/mol. The van der Waals surface area contributed by atoms with E-state index in [1.165, 1.54) is 12.1 Å². The van der Waals surface area contributed by atoms with E-state index in [4.69, 9.17) is 0 Å². The van der Waals surface area contributed by atoms with Crippen LogP contribution in [0, 0.1) is 0 Å². The van der Waals surface area contributed by atoms with Crippen LogP contribution in [-0.4, -0.2) is 29.2 Å². The summed E-state index contributed by atoms with van der Waals surface area (Å²) in [5, 5.41) is 13.2. The standard InChI is InChI=1S/C19H17F3N4O2/c20-19(21,22)13-6-3-5-12(11-13)17(27)24-10-4-9-23-16-14-7-1-2-8-15(14)18(28)26-25-16/h1-3,5-8,11H,4,9-10H2,(H,23,25)(H,24,27)(H,26,28). The maximum Gasteiger partial charge on any atom is 0.416 e. The zero-order chi connectivity index (χ0) is 20.1. The van der Waals surface area contributed by atoms with Crippen molar-refractivity contribution in [3.05, 3.63) is 70.0 Å². The molecule has 3 N–H and O–H groups in total. The molecule has 6 nitrogen and oxygen atoms in total. The molecule has 1 aromatic heterocycles. The largest absolute Gasteiger partial charge is 0.416 e. The van der Waals surface area contributed by atoms with Gasteiger partial charge in [-0.15, -0.1) is 0 Å². The first kappa shape index (κ1) is 19.4. The molecule has 146 valence electrons. The third-order valence-electron chi connectivity index (χ3n) is 4.08. The number of halogens is 3. The molecule has 0 aliphatic heterocycles. The Morgan fingerprint density at radius 1 is 1.04 bits per heavy atom. The van der Waals surface area contributed by atoms with Crippen LogP contribution in [0.3, 0.4) is 0 Å². The van der Waals surface area contributed by atoms with Gasteiger partial charge in [0.15, 0.2) is 5.82 Å². The number of H-pyrrole nitrogens is 1. The van der Waals surface area contributed by atoms with Crippen molar-refractivity contribution < 1.29 is 18.0 Å². The number of carbonyl (C=O) groups is 1. The highest BCUT2D eigenvalue weighted by Gasteiger charge is 2.30. The van der Waals surface area contributed by atoms with Gasteiger partial charge in [-0.2, -0.15) is 18.3 Å². The third kappa shape index (κ3) is 4.48. The second kappa shape index (κ2) is 8.12. The van der Waals surface area contributed by atoms with Crippen LogP contribution < -0.4 is 16.2 Å². The van der Waals surface area contributed by atoms with Gasteiger partial charge in [0.2, 0.25) is 0 Å². The van der Waals surface area contributed by atoms with Gasteiger partial charge in [-0.3, -0.25) is 9.59 Å². The van der Waals surface area contributed by atoms with E-state index in [-0.39, 0.29) is 17.7 Å². The van der Waals surface area contributed by atoms with Crippen LogP contribution in [-0.2, 0) is 6.18 Å². The molecule has 1 heterocycles. The topological polar surface area (TPSA) is 86.9 Å². The molecule has 3 rings (SSSR count). The van der Waals surface area contributed by atoms with Gasteiger partial charge in [-0.1, -0.05) is 24.3 Å². The number of rotatable bonds is 6. The fourth-order valence-electron chi connectivity index (χ4n) is 2.69. The summed E-state index contributed by atoms with van der Waals surface area (Å²) in [6.07, 6.45) is -3.98. The van der Waals surface area contributed by atoms with Gasteiger partial charge in [0.25, 0.3) is 11.5 Å². The molecule has 0 fully saturated rings. The van der Waals surface area contributed by atoms with Crippen LogP contribution in [0.15, 0.2) is 53.3 Å². The van der Waals surface area contributed by atoms with Crippen molar-refractivity contribution in [3.63, 3.8) is 0 Å². The number of benzene rings is 2. The molecule has 0 spiro atoms. The molecule has 3 aromatic rings. The van der Waals surface area contributed by atoms with Gasteiger partial charge in [0.1, 0.15) is 0 Å². The van der Waals surface area contributed by atoms with Crippen LogP contribution in [0.1, 0.15) is 22.3 Å². The zero-order valence-corrected chi connectivity index (χ0v) is 14.6. The average Bonchev–Trinajstić information content (AvgIpc) is 2.69. The Morgan fingerprint density at radius 2 is 1.79 bits per heavy atom. The Bertz CT molecular complexity index is 1050. The average molecular weight is 390 g/mol. The number of anilines is 1. The van der Waals surface area contributed by atoms with Crippen molar-refractivity contribution in [2.45, 2.75) is 12.6 Å². The van der Waals surface area contributed by atoms with Gasteiger partial charge in [-0.25, -0.2) is 5.10 Å². The molecule has 0 saturated carbocycles. The number of aromatic nitrogens is 2. The molecule has 0 atom stereocenters. The number of fused-ring (bicyclic) bond motifs is 1.